The fourth-order valence-corrected chi connectivity index (χ4v) is 3.58. The number of hydrogen-bond donors (Lipinski definition) is 3. The normalized spacial score (nSPS) is 11.2. The topological polar surface area (TPSA) is 90.5 Å². The number of carbonyl (C=O) groups excluding carboxylic acids is 3. The monoisotopic (exact) mass is 458 g/mol. The van der Waals surface area contributed by atoms with Gasteiger partial charge in [0.25, 0.3) is 17.7 Å². The van der Waals surface area contributed by atoms with E-state index in [1.54, 1.807) is 36.4 Å². The highest BCUT2D eigenvalue weighted by Crippen LogP contribution is 2.14. The van der Waals surface area contributed by atoms with Crippen LogP contribution in [0, 0.1) is 0 Å². The molecule has 3 amide bonds. The summed E-state index contributed by atoms with van der Waals surface area (Å²) in [7, 11) is 0. The van der Waals surface area contributed by atoms with Gasteiger partial charge in [-0.3, -0.25) is 25.2 Å². The number of rotatable bonds is 9. The molecule has 0 fully saturated rings. The molecule has 176 valence electrons. The molecule has 0 aliphatic rings. The van der Waals surface area contributed by atoms with Crippen LogP contribution in [0.25, 0.3) is 0 Å². The summed E-state index contributed by atoms with van der Waals surface area (Å²) in [5.41, 5.74) is 7.68. The largest absolute Gasteiger partial charge is 0.372 e. The minimum absolute atomic E-state index is 0.277. The summed E-state index contributed by atoms with van der Waals surface area (Å²) < 4.78 is 0. The third-order valence-corrected chi connectivity index (χ3v) is 5.50. The van der Waals surface area contributed by atoms with Gasteiger partial charge in [-0.25, -0.2) is 0 Å². The maximum atomic E-state index is 12.9. The average molecular weight is 459 g/mol. The Morgan fingerprint density at radius 2 is 1.26 bits per heavy atom. The molecule has 0 aliphatic carbocycles. The van der Waals surface area contributed by atoms with E-state index in [9.17, 15) is 14.4 Å². The summed E-state index contributed by atoms with van der Waals surface area (Å²) in [6.07, 6.45) is 0.277. The van der Waals surface area contributed by atoms with Crippen LogP contribution in [-0.2, 0) is 11.2 Å². The number of benzene rings is 3. The maximum absolute atomic E-state index is 12.9. The lowest BCUT2D eigenvalue weighted by atomic mass is 10.0. The first kappa shape index (κ1) is 24.5. The maximum Gasteiger partial charge on any atom is 0.269 e. The van der Waals surface area contributed by atoms with E-state index in [2.05, 4.69) is 34.9 Å². The zero-order chi connectivity index (χ0) is 24.3. The molecule has 0 bridgehead atoms. The van der Waals surface area contributed by atoms with Gasteiger partial charge in [0, 0.05) is 36.3 Å². The van der Waals surface area contributed by atoms with Crippen molar-refractivity contribution in [1.82, 2.24) is 16.2 Å². The van der Waals surface area contributed by atoms with E-state index in [1.807, 2.05) is 48.5 Å². The van der Waals surface area contributed by atoms with E-state index >= 15 is 0 Å². The number of carbonyl (C=O) groups is 3. The van der Waals surface area contributed by atoms with Gasteiger partial charge in [-0.2, -0.15) is 0 Å². The van der Waals surface area contributed by atoms with E-state index < -0.39 is 17.9 Å². The molecule has 0 heterocycles. The molecule has 0 aliphatic heterocycles. The van der Waals surface area contributed by atoms with Crippen molar-refractivity contribution in [3.8, 4) is 0 Å². The highest BCUT2D eigenvalue weighted by molar-refractivity contribution is 5.99. The van der Waals surface area contributed by atoms with E-state index in [0.717, 1.165) is 24.3 Å². The molecule has 0 saturated carbocycles. The van der Waals surface area contributed by atoms with Crippen molar-refractivity contribution in [2.75, 3.05) is 18.0 Å². The number of hydrogen-bond acceptors (Lipinski definition) is 4. The number of amides is 3. The Labute approximate surface area is 200 Å². The van der Waals surface area contributed by atoms with Crippen LogP contribution < -0.4 is 21.1 Å². The van der Waals surface area contributed by atoms with E-state index in [4.69, 9.17) is 0 Å². The van der Waals surface area contributed by atoms with Crippen molar-refractivity contribution < 1.29 is 14.4 Å². The van der Waals surface area contributed by atoms with Crippen molar-refractivity contribution >= 4 is 23.4 Å². The Bertz CT molecular complexity index is 1080. The minimum Gasteiger partial charge on any atom is -0.372 e. The van der Waals surface area contributed by atoms with Crippen molar-refractivity contribution in [2.24, 2.45) is 0 Å². The average Bonchev–Trinajstić information content (AvgIpc) is 2.89. The first-order valence-corrected chi connectivity index (χ1v) is 11.4. The lowest BCUT2D eigenvalue weighted by Gasteiger charge is -2.21. The van der Waals surface area contributed by atoms with E-state index in [-0.39, 0.29) is 12.3 Å². The Balaban J connectivity index is 1.65. The van der Waals surface area contributed by atoms with Crippen molar-refractivity contribution in [2.45, 2.75) is 26.3 Å². The second-order valence-electron chi connectivity index (χ2n) is 7.74. The molecule has 7 heteroatoms. The zero-order valence-electron chi connectivity index (χ0n) is 19.5. The smallest absolute Gasteiger partial charge is 0.269 e. The van der Waals surface area contributed by atoms with Gasteiger partial charge in [0.05, 0.1) is 0 Å². The minimum atomic E-state index is -0.875. The van der Waals surface area contributed by atoms with Crippen molar-refractivity contribution in [1.29, 1.82) is 0 Å². The first-order valence-electron chi connectivity index (χ1n) is 11.4. The standard InChI is InChI=1S/C27H30N4O3/c1-3-31(4-2)23-17-15-22(16-18-23)26(33)29-30-27(34)24(19-20-11-7-5-8-12-20)28-25(32)21-13-9-6-10-14-21/h5-18,24H,3-4,19H2,1-2H3,(H,28,32)(H,29,33)(H,30,34)/t24-/m1/s1. The number of hydrazine groups is 1. The Morgan fingerprint density at radius 3 is 1.85 bits per heavy atom. The summed E-state index contributed by atoms with van der Waals surface area (Å²) in [5, 5.41) is 2.77. The summed E-state index contributed by atoms with van der Waals surface area (Å²) >= 11 is 0. The summed E-state index contributed by atoms with van der Waals surface area (Å²) in [4.78, 5) is 40.3. The van der Waals surface area contributed by atoms with Crippen LogP contribution in [0.4, 0.5) is 5.69 Å². The molecule has 3 aromatic rings. The molecule has 3 aromatic carbocycles. The molecule has 1 atom stereocenters. The second-order valence-corrected chi connectivity index (χ2v) is 7.74. The Hall–Kier alpha value is -4.13. The van der Waals surface area contributed by atoms with Crippen LogP contribution in [0.3, 0.4) is 0 Å². The van der Waals surface area contributed by atoms with Crippen LogP contribution in [0.1, 0.15) is 40.1 Å². The van der Waals surface area contributed by atoms with Gasteiger partial charge in [0.1, 0.15) is 6.04 Å². The molecular formula is C27H30N4O3. The molecule has 7 nitrogen and oxygen atoms in total. The summed E-state index contributed by atoms with van der Waals surface area (Å²) in [6.45, 7) is 5.88. The van der Waals surface area contributed by atoms with Crippen molar-refractivity contribution in [3.05, 3.63) is 102 Å². The van der Waals surface area contributed by atoms with Gasteiger partial charge in [0.15, 0.2) is 0 Å². The molecule has 3 rings (SSSR count). The van der Waals surface area contributed by atoms with Gasteiger partial charge in [0.2, 0.25) is 0 Å². The summed E-state index contributed by atoms with van der Waals surface area (Å²) in [5.74, 6) is -1.32. The van der Waals surface area contributed by atoms with Gasteiger partial charge in [-0.05, 0) is 55.8 Å². The third kappa shape index (κ3) is 6.68. The van der Waals surface area contributed by atoms with Crippen LogP contribution in [0.5, 0.6) is 0 Å². The predicted octanol–water partition coefficient (Wildman–Crippen LogP) is 3.34. The van der Waals surface area contributed by atoms with Crippen LogP contribution in [-0.4, -0.2) is 36.9 Å². The number of anilines is 1. The van der Waals surface area contributed by atoms with Gasteiger partial charge in [-0.15, -0.1) is 0 Å². The lowest BCUT2D eigenvalue weighted by Crippen LogP contribution is -2.53. The van der Waals surface area contributed by atoms with Crippen molar-refractivity contribution in [3.63, 3.8) is 0 Å². The van der Waals surface area contributed by atoms with Gasteiger partial charge in [-0.1, -0.05) is 48.5 Å². The summed E-state index contributed by atoms with van der Waals surface area (Å²) in [6, 6.07) is 24.4. The highest BCUT2D eigenvalue weighted by Gasteiger charge is 2.22. The van der Waals surface area contributed by atoms with Crippen LogP contribution in [0.15, 0.2) is 84.9 Å². The lowest BCUT2D eigenvalue weighted by molar-refractivity contribution is -0.123. The van der Waals surface area contributed by atoms with Crippen LogP contribution >= 0.6 is 0 Å². The fraction of sp³-hybridized carbons (Fsp3) is 0.222. The SMILES string of the molecule is CCN(CC)c1ccc(C(=O)NNC(=O)[C@@H](Cc2ccccc2)NC(=O)c2ccccc2)cc1. The number of nitrogens with one attached hydrogen (secondary N) is 3. The third-order valence-electron chi connectivity index (χ3n) is 5.50. The molecular weight excluding hydrogens is 428 g/mol. The molecule has 0 spiro atoms. The molecule has 0 saturated heterocycles. The fourth-order valence-electron chi connectivity index (χ4n) is 3.58. The zero-order valence-corrected chi connectivity index (χ0v) is 19.5. The van der Waals surface area contributed by atoms with Gasteiger partial charge >= 0.3 is 0 Å². The second kappa shape index (κ2) is 12.2. The molecule has 3 N–H and O–H groups in total. The van der Waals surface area contributed by atoms with E-state index in [0.29, 0.717) is 11.1 Å². The molecule has 0 radical (unpaired) electrons. The Kier molecular flexibility index (Phi) is 8.80. The van der Waals surface area contributed by atoms with Crippen LogP contribution in [0.2, 0.25) is 0 Å². The van der Waals surface area contributed by atoms with Gasteiger partial charge < -0.3 is 10.2 Å². The van der Waals surface area contributed by atoms with E-state index in [1.165, 1.54) is 0 Å². The Morgan fingerprint density at radius 1 is 0.706 bits per heavy atom. The number of nitrogens with zero attached hydrogens (tertiary/aromatic N) is 1. The molecule has 0 unspecified atom stereocenters. The quantitative estimate of drug-likeness (QED) is 0.429. The molecule has 0 aromatic heterocycles. The molecule has 34 heavy (non-hydrogen) atoms. The first-order chi connectivity index (χ1) is 16.5. The highest BCUT2D eigenvalue weighted by atomic mass is 16.2. The predicted molar refractivity (Wildman–Crippen MR) is 133 cm³/mol.